The van der Waals surface area contributed by atoms with Crippen LogP contribution in [0.2, 0.25) is 19.6 Å². The van der Waals surface area contributed by atoms with Crippen molar-refractivity contribution in [2.24, 2.45) is 0 Å². The molecule has 0 atom stereocenters. The molecule has 81 valence electrons. The van der Waals surface area contributed by atoms with Gasteiger partial charge in [-0.3, -0.25) is 6.08 Å². The molecule has 0 saturated heterocycles. The molecular weight excluding hydrogens is 355 g/mol. The fourth-order valence-electron chi connectivity index (χ4n) is 0.340. The van der Waals surface area contributed by atoms with Crippen LogP contribution in [0.15, 0.2) is 18.2 Å². The van der Waals surface area contributed by atoms with Crippen molar-refractivity contribution in [1.29, 1.82) is 0 Å². The molecule has 0 spiro atoms. The van der Waals surface area contributed by atoms with Crippen LogP contribution in [0.5, 0.6) is 0 Å². The van der Waals surface area contributed by atoms with Crippen LogP contribution >= 0.6 is 0 Å². The van der Waals surface area contributed by atoms with E-state index >= 15 is 0 Å². The van der Waals surface area contributed by atoms with Crippen LogP contribution in [0, 0.1) is 28.4 Å². The molecule has 0 N–H and O–H groups in total. The van der Waals surface area contributed by atoms with Gasteiger partial charge in [-0.2, -0.15) is 6.08 Å². The van der Waals surface area contributed by atoms with Gasteiger partial charge in [0, 0.05) is 8.80 Å². The van der Waals surface area contributed by atoms with Crippen molar-refractivity contribution in [3.05, 3.63) is 46.6 Å². The Hall–Kier alpha value is 0.385. The molecule has 0 nitrogen and oxygen atoms in total. The van der Waals surface area contributed by atoms with Crippen LogP contribution in [0.4, 0.5) is 0 Å². The van der Waals surface area contributed by atoms with Crippen LogP contribution in [0.1, 0.15) is 6.42 Å². The molecule has 0 amide bonds. The van der Waals surface area contributed by atoms with E-state index in [1.54, 1.807) is 0 Å². The Kier molecular flexibility index (Phi) is 51.3. The molecule has 0 aromatic heterocycles. The predicted octanol–water partition coefficient (Wildman–Crippen LogP) is 4.02. The molecular formula is C11H23PtSi. The Bertz CT molecular complexity index is 93.9. The minimum absolute atomic E-state index is 0. The summed E-state index contributed by atoms with van der Waals surface area (Å²) in [7, 11) is 0.120. The summed E-state index contributed by atoms with van der Waals surface area (Å²) in [5, 5.41) is 0. The van der Waals surface area contributed by atoms with Gasteiger partial charge in [0.2, 0.25) is 0 Å². The van der Waals surface area contributed by atoms with Gasteiger partial charge in [0.25, 0.3) is 0 Å². The third kappa shape index (κ3) is 46.1. The third-order valence-electron chi connectivity index (χ3n) is 0.586. The summed E-state index contributed by atoms with van der Waals surface area (Å²) in [5.74, 6) is 0. The van der Waals surface area contributed by atoms with E-state index in [1.807, 2.05) is 12.2 Å². The standard InChI is InChI=1S/C5H5.C3H9Si.3CH3.Pt/c1-2-4-5-3-1;1-4(2)3;;;;/h1-3H,4H2;1-3H3;3*1H3;/q-1;;3*-1;+4. The van der Waals surface area contributed by atoms with Crippen molar-refractivity contribution in [3.8, 4) is 0 Å². The van der Waals surface area contributed by atoms with Crippen molar-refractivity contribution in [2.45, 2.75) is 26.1 Å². The summed E-state index contributed by atoms with van der Waals surface area (Å²) < 4.78 is 0. The number of rotatable bonds is 0. The first-order valence-electron chi connectivity index (χ1n) is 3.22. The average molecular weight is 378 g/mol. The molecule has 0 unspecified atom stereocenters. The van der Waals surface area contributed by atoms with Crippen LogP contribution in [-0.2, 0) is 21.1 Å². The van der Waals surface area contributed by atoms with Crippen molar-refractivity contribution >= 4 is 8.80 Å². The predicted molar refractivity (Wildman–Crippen MR) is 64.2 cm³/mol. The van der Waals surface area contributed by atoms with Gasteiger partial charge in [0.05, 0.1) is 0 Å². The van der Waals surface area contributed by atoms with Gasteiger partial charge in [0.15, 0.2) is 0 Å². The summed E-state index contributed by atoms with van der Waals surface area (Å²) in [6.07, 6.45) is 10.0. The first-order valence-corrected chi connectivity index (χ1v) is 6.22. The molecule has 0 saturated carbocycles. The fraction of sp³-hybridized carbons (Fsp3) is 0.364. The number of hydrogen-bond donors (Lipinski definition) is 0. The Morgan fingerprint density at radius 3 is 1.54 bits per heavy atom. The first kappa shape index (κ1) is 29.2. The Morgan fingerprint density at radius 2 is 1.46 bits per heavy atom. The molecule has 0 aliphatic heterocycles. The Labute approximate surface area is 102 Å². The van der Waals surface area contributed by atoms with E-state index in [1.165, 1.54) is 0 Å². The largest absolute Gasteiger partial charge is 4.00 e. The molecule has 0 bridgehead atoms. The zero-order valence-corrected chi connectivity index (χ0v) is 13.0. The molecule has 0 fully saturated rings. The molecule has 2 heteroatoms. The van der Waals surface area contributed by atoms with E-state index < -0.39 is 0 Å². The van der Waals surface area contributed by atoms with Gasteiger partial charge in [-0.15, -0.1) is 6.42 Å². The maximum absolute atomic E-state index is 2.99. The maximum Gasteiger partial charge on any atom is 4.00 e. The topological polar surface area (TPSA) is 0 Å². The van der Waals surface area contributed by atoms with Gasteiger partial charge in [-0.05, 0) is 0 Å². The van der Waals surface area contributed by atoms with E-state index in [0.29, 0.717) is 0 Å². The van der Waals surface area contributed by atoms with Gasteiger partial charge in [-0.25, -0.2) is 12.2 Å². The van der Waals surface area contributed by atoms with Crippen molar-refractivity contribution in [1.82, 2.24) is 0 Å². The van der Waals surface area contributed by atoms with Crippen LogP contribution < -0.4 is 0 Å². The van der Waals surface area contributed by atoms with Crippen LogP contribution in [0.3, 0.4) is 0 Å². The van der Waals surface area contributed by atoms with Crippen molar-refractivity contribution < 1.29 is 21.1 Å². The molecule has 1 aliphatic rings. The molecule has 1 aliphatic carbocycles. The van der Waals surface area contributed by atoms with Crippen LogP contribution in [-0.4, -0.2) is 8.80 Å². The summed E-state index contributed by atoms with van der Waals surface area (Å²) in [5.41, 5.74) is 0. The smallest absolute Gasteiger partial charge is 0.358 e. The van der Waals surface area contributed by atoms with E-state index in [0.717, 1.165) is 6.42 Å². The monoisotopic (exact) mass is 378 g/mol. The molecule has 1 rings (SSSR count). The van der Waals surface area contributed by atoms with Gasteiger partial charge >= 0.3 is 21.1 Å². The van der Waals surface area contributed by atoms with E-state index in [2.05, 4.69) is 31.8 Å². The van der Waals surface area contributed by atoms with E-state index in [9.17, 15) is 0 Å². The van der Waals surface area contributed by atoms with Crippen molar-refractivity contribution in [2.75, 3.05) is 0 Å². The second kappa shape index (κ2) is 22.8. The zero-order valence-electron chi connectivity index (χ0n) is 9.76. The Morgan fingerprint density at radius 1 is 1.08 bits per heavy atom. The van der Waals surface area contributed by atoms with E-state index in [-0.39, 0.29) is 52.1 Å². The summed E-state index contributed by atoms with van der Waals surface area (Å²) in [6.45, 7) is 6.81. The minimum Gasteiger partial charge on any atom is -0.358 e. The van der Waals surface area contributed by atoms with Gasteiger partial charge in [-0.1, -0.05) is 19.6 Å². The fourth-order valence-corrected chi connectivity index (χ4v) is 0.340. The zero-order chi connectivity index (χ0) is 7.11. The second-order valence-corrected chi connectivity index (χ2v) is 5.50. The Balaban J connectivity index is -0.0000000256. The first-order chi connectivity index (χ1) is 4.23. The van der Waals surface area contributed by atoms with Gasteiger partial charge in [0.1, 0.15) is 0 Å². The third-order valence-corrected chi connectivity index (χ3v) is 0.586. The van der Waals surface area contributed by atoms with Gasteiger partial charge < -0.3 is 22.3 Å². The quantitative estimate of drug-likeness (QED) is 0.441. The molecule has 0 aromatic carbocycles. The number of allylic oxidation sites excluding steroid dienone is 4. The normalized spacial score (nSPS) is 9.54. The summed E-state index contributed by atoms with van der Waals surface area (Å²) >= 11 is 0. The van der Waals surface area contributed by atoms with Crippen LogP contribution in [0.25, 0.3) is 0 Å². The number of hydrogen-bond acceptors (Lipinski definition) is 0. The van der Waals surface area contributed by atoms with E-state index in [4.69, 9.17) is 0 Å². The van der Waals surface area contributed by atoms with Crippen molar-refractivity contribution in [3.63, 3.8) is 0 Å². The molecule has 1 radical (unpaired) electrons. The summed E-state index contributed by atoms with van der Waals surface area (Å²) in [6, 6.07) is 0. The SMILES string of the molecule is C[Si](C)C.[C-]1=CC=CC1.[CH3-].[CH3-].[CH3-].[Pt+4]. The molecule has 13 heavy (non-hydrogen) atoms. The summed E-state index contributed by atoms with van der Waals surface area (Å²) in [4.78, 5) is 0. The molecule has 0 heterocycles. The molecule has 0 aromatic rings. The minimum atomic E-state index is 0. The average Bonchev–Trinajstić information content (AvgIpc) is 2.11. The maximum atomic E-state index is 2.99. The second-order valence-electron chi connectivity index (χ2n) is 2.50.